The molecule has 0 bridgehead atoms. The van der Waals surface area contributed by atoms with Gasteiger partial charge in [-0.2, -0.15) is 0 Å². The lowest BCUT2D eigenvalue weighted by molar-refractivity contribution is -0.940. The third-order valence-electron chi connectivity index (χ3n) is 5.56. The molecular formula is C23H31FNO+. The maximum Gasteiger partial charge on any atom is 0.165 e. The van der Waals surface area contributed by atoms with E-state index in [1.165, 1.54) is 50.4 Å². The maximum atomic E-state index is 13.9. The SMILES string of the molecule is Cc1cccc(F)c1OCCC[N+]1(Cc2ccccc2)CCCCCC1. The Morgan fingerprint density at radius 3 is 2.35 bits per heavy atom. The van der Waals surface area contributed by atoms with Gasteiger partial charge in [-0.3, -0.25) is 0 Å². The summed E-state index contributed by atoms with van der Waals surface area (Å²) in [5, 5.41) is 0. The molecule has 2 nitrogen and oxygen atoms in total. The fraction of sp³-hybridized carbons (Fsp3) is 0.478. The molecule has 1 saturated heterocycles. The second-order valence-corrected chi connectivity index (χ2v) is 7.66. The van der Waals surface area contributed by atoms with Crippen LogP contribution in [0.2, 0.25) is 0 Å². The number of rotatable bonds is 7. The van der Waals surface area contributed by atoms with Crippen molar-refractivity contribution in [3.05, 3.63) is 65.5 Å². The fourth-order valence-electron chi connectivity index (χ4n) is 4.16. The minimum absolute atomic E-state index is 0.257. The Hall–Kier alpha value is -1.87. The molecule has 2 aromatic carbocycles. The van der Waals surface area contributed by atoms with Crippen molar-refractivity contribution < 1.29 is 13.6 Å². The first kappa shape index (κ1) is 18.9. The third-order valence-corrected chi connectivity index (χ3v) is 5.56. The van der Waals surface area contributed by atoms with Crippen molar-refractivity contribution >= 4 is 0 Å². The zero-order valence-electron chi connectivity index (χ0n) is 15.9. The molecule has 0 unspecified atom stereocenters. The van der Waals surface area contributed by atoms with Crippen LogP contribution in [0.15, 0.2) is 48.5 Å². The van der Waals surface area contributed by atoms with E-state index < -0.39 is 0 Å². The molecule has 0 aromatic heterocycles. The van der Waals surface area contributed by atoms with Crippen LogP contribution < -0.4 is 4.74 Å². The number of hydrogen-bond acceptors (Lipinski definition) is 1. The van der Waals surface area contributed by atoms with Crippen molar-refractivity contribution in [3.63, 3.8) is 0 Å². The Kier molecular flexibility index (Phi) is 6.67. The Morgan fingerprint density at radius 1 is 0.923 bits per heavy atom. The molecule has 1 aliphatic heterocycles. The predicted octanol–water partition coefficient (Wildman–Crippen LogP) is 5.49. The first-order chi connectivity index (χ1) is 12.7. The fourth-order valence-corrected chi connectivity index (χ4v) is 4.16. The Bertz CT molecular complexity index is 658. The van der Waals surface area contributed by atoms with Gasteiger partial charge in [0.15, 0.2) is 11.6 Å². The van der Waals surface area contributed by atoms with Gasteiger partial charge in [-0.1, -0.05) is 42.5 Å². The van der Waals surface area contributed by atoms with Gasteiger partial charge in [-0.25, -0.2) is 4.39 Å². The first-order valence-corrected chi connectivity index (χ1v) is 9.95. The van der Waals surface area contributed by atoms with E-state index in [0.29, 0.717) is 12.4 Å². The predicted molar refractivity (Wildman–Crippen MR) is 105 cm³/mol. The number of nitrogens with zero attached hydrogens (tertiary/aromatic N) is 1. The average molecular weight is 357 g/mol. The molecule has 1 fully saturated rings. The summed E-state index contributed by atoms with van der Waals surface area (Å²) in [7, 11) is 0. The standard InChI is InChI=1S/C23H31FNO/c1-20-11-9-14-22(24)23(20)26-18-10-17-25(15-7-2-3-8-16-25)19-21-12-5-4-6-13-21/h4-6,9,11-14H,2-3,7-8,10,15-19H2,1H3/q+1. The first-order valence-electron chi connectivity index (χ1n) is 9.95. The van der Waals surface area contributed by atoms with E-state index in [1.807, 2.05) is 13.0 Å². The van der Waals surface area contributed by atoms with Crippen molar-refractivity contribution in [2.24, 2.45) is 0 Å². The van der Waals surface area contributed by atoms with Crippen LogP contribution in [0.25, 0.3) is 0 Å². The van der Waals surface area contributed by atoms with Crippen molar-refractivity contribution in [2.45, 2.75) is 45.6 Å². The Morgan fingerprint density at radius 2 is 1.65 bits per heavy atom. The van der Waals surface area contributed by atoms with E-state index in [0.717, 1.165) is 29.6 Å². The summed E-state index contributed by atoms with van der Waals surface area (Å²) in [6, 6.07) is 15.9. The second-order valence-electron chi connectivity index (χ2n) is 7.66. The van der Waals surface area contributed by atoms with Gasteiger partial charge in [0.25, 0.3) is 0 Å². The third kappa shape index (κ3) is 5.07. The van der Waals surface area contributed by atoms with Crippen molar-refractivity contribution in [1.82, 2.24) is 0 Å². The molecule has 0 atom stereocenters. The molecule has 1 aliphatic rings. The van der Waals surface area contributed by atoms with Crippen molar-refractivity contribution in [1.29, 1.82) is 0 Å². The number of benzene rings is 2. The van der Waals surface area contributed by atoms with Crippen LogP contribution in [0.4, 0.5) is 4.39 Å². The van der Waals surface area contributed by atoms with Crippen LogP contribution >= 0.6 is 0 Å². The summed E-state index contributed by atoms with van der Waals surface area (Å²) in [5.41, 5.74) is 2.29. The van der Waals surface area contributed by atoms with Crippen LogP contribution in [0.1, 0.15) is 43.2 Å². The minimum Gasteiger partial charge on any atom is -0.490 e. The number of halogens is 1. The zero-order chi connectivity index (χ0) is 18.2. The van der Waals surface area contributed by atoms with E-state index in [4.69, 9.17) is 4.74 Å². The molecule has 0 radical (unpaired) electrons. The smallest absolute Gasteiger partial charge is 0.165 e. The topological polar surface area (TPSA) is 9.23 Å². The van der Waals surface area contributed by atoms with Gasteiger partial charge in [0.05, 0.1) is 26.2 Å². The van der Waals surface area contributed by atoms with Gasteiger partial charge < -0.3 is 9.22 Å². The van der Waals surface area contributed by atoms with Gasteiger partial charge in [0.1, 0.15) is 6.54 Å². The average Bonchev–Trinajstić information content (AvgIpc) is 2.87. The molecule has 0 aliphatic carbocycles. The Balaban J connectivity index is 1.61. The highest BCUT2D eigenvalue weighted by atomic mass is 19.1. The lowest BCUT2D eigenvalue weighted by Gasteiger charge is -2.38. The molecule has 3 rings (SSSR count). The van der Waals surface area contributed by atoms with Crippen LogP contribution in [0, 0.1) is 12.7 Å². The van der Waals surface area contributed by atoms with E-state index in [9.17, 15) is 4.39 Å². The maximum absolute atomic E-state index is 13.9. The summed E-state index contributed by atoms with van der Waals surface area (Å²) in [5.74, 6) is 0.158. The largest absolute Gasteiger partial charge is 0.490 e. The monoisotopic (exact) mass is 356 g/mol. The quantitative estimate of drug-likeness (QED) is 0.470. The molecule has 26 heavy (non-hydrogen) atoms. The normalized spacial score (nSPS) is 16.8. The summed E-state index contributed by atoms with van der Waals surface area (Å²) in [6.45, 7) is 7.16. The summed E-state index contributed by atoms with van der Waals surface area (Å²) < 4.78 is 20.9. The summed E-state index contributed by atoms with van der Waals surface area (Å²) in [6.07, 6.45) is 6.26. The van der Waals surface area contributed by atoms with Crippen LogP contribution in [-0.2, 0) is 6.54 Å². The van der Waals surface area contributed by atoms with Crippen molar-refractivity contribution in [2.75, 3.05) is 26.2 Å². The Labute approximate surface area is 157 Å². The van der Waals surface area contributed by atoms with Gasteiger partial charge in [0.2, 0.25) is 0 Å². The highest BCUT2D eigenvalue weighted by Gasteiger charge is 2.28. The molecule has 1 heterocycles. The van der Waals surface area contributed by atoms with E-state index in [1.54, 1.807) is 6.07 Å². The summed E-state index contributed by atoms with van der Waals surface area (Å²) in [4.78, 5) is 0. The molecule has 0 saturated carbocycles. The molecule has 2 aromatic rings. The van der Waals surface area contributed by atoms with Gasteiger partial charge in [0, 0.05) is 12.0 Å². The van der Waals surface area contributed by atoms with Crippen molar-refractivity contribution in [3.8, 4) is 5.75 Å². The highest BCUT2D eigenvalue weighted by Crippen LogP contribution is 2.24. The lowest BCUT2D eigenvalue weighted by Crippen LogP contribution is -2.49. The lowest BCUT2D eigenvalue weighted by atomic mass is 10.1. The second kappa shape index (κ2) is 9.18. The van der Waals surface area contributed by atoms with Gasteiger partial charge >= 0.3 is 0 Å². The zero-order valence-corrected chi connectivity index (χ0v) is 15.9. The number of likely N-dealkylation sites (tertiary alicyclic amines) is 1. The molecule has 0 spiro atoms. The van der Waals surface area contributed by atoms with E-state index in [-0.39, 0.29) is 5.82 Å². The van der Waals surface area contributed by atoms with E-state index >= 15 is 0 Å². The number of hydrogen-bond donors (Lipinski definition) is 0. The van der Waals surface area contributed by atoms with E-state index in [2.05, 4.69) is 30.3 Å². The van der Waals surface area contributed by atoms with Crippen LogP contribution in [0.5, 0.6) is 5.75 Å². The summed E-state index contributed by atoms with van der Waals surface area (Å²) >= 11 is 0. The van der Waals surface area contributed by atoms with Crippen LogP contribution in [-0.4, -0.2) is 30.7 Å². The van der Waals surface area contributed by atoms with Gasteiger partial charge in [-0.05, 0) is 44.2 Å². The number of ether oxygens (including phenoxy) is 1. The number of quaternary nitrogens is 1. The molecule has 140 valence electrons. The minimum atomic E-state index is -0.257. The molecule has 3 heteroatoms. The van der Waals surface area contributed by atoms with Gasteiger partial charge in [-0.15, -0.1) is 0 Å². The molecule has 0 N–H and O–H groups in total. The molecule has 0 amide bonds. The van der Waals surface area contributed by atoms with Crippen LogP contribution in [0.3, 0.4) is 0 Å². The molecular weight excluding hydrogens is 325 g/mol. The number of para-hydroxylation sites is 1. The highest BCUT2D eigenvalue weighted by molar-refractivity contribution is 5.33. The number of aryl methyl sites for hydroxylation is 1.